The summed E-state index contributed by atoms with van der Waals surface area (Å²) in [6.45, 7) is 0. The van der Waals surface area contributed by atoms with Crippen molar-refractivity contribution in [1.29, 1.82) is 0 Å². The van der Waals surface area contributed by atoms with Gasteiger partial charge in [0.05, 0.1) is 16.8 Å². The van der Waals surface area contributed by atoms with Crippen molar-refractivity contribution in [3.63, 3.8) is 0 Å². The van der Waals surface area contributed by atoms with Gasteiger partial charge < -0.3 is 5.32 Å². The third kappa shape index (κ3) is 3.52. The first kappa shape index (κ1) is 17.9. The molecule has 1 N–H and O–H groups in total. The summed E-state index contributed by atoms with van der Waals surface area (Å²) >= 11 is 5.88. The van der Waals surface area contributed by atoms with E-state index in [-0.39, 0.29) is 16.5 Å². The molecule has 3 rings (SSSR count). The highest BCUT2D eigenvalue weighted by Gasteiger charge is 2.41. The average molecular weight is 385 g/mol. The Hall–Kier alpha value is -2.94. The van der Waals surface area contributed by atoms with Gasteiger partial charge in [-0.05, 0) is 30.3 Å². The van der Waals surface area contributed by atoms with Crippen molar-refractivity contribution in [3.05, 3.63) is 70.9 Å². The maximum Gasteiger partial charge on any atom is 0.434 e. The molecule has 1 aromatic carbocycles. The van der Waals surface area contributed by atoms with Crippen LogP contribution in [0.15, 0.2) is 48.8 Å². The Kier molecular flexibility index (Phi) is 4.64. The van der Waals surface area contributed by atoms with Crippen LogP contribution in [0.2, 0.25) is 5.02 Å². The zero-order valence-electron chi connectivity index (χ0n) is 12.8. The Labute approximate surface area is 149 Å². The molecule has 0 unspecified atom stereocenters. The molecule has 3 aromatic rings. The van der Waals surface area contributed by atoms with E-state index >= 15 is 0 Å². The molecule has 2 aromatic heterocycles. The molecule has 0 spiro atoms. The van der Waals surface area contributed by atoms with Crippen LogP contribution in [0.25, 0.3) is 5.82 Å². The Morgan fingerprint density at radius 2 is 1.96 bits per heavy atom. The maximum absolute atomic E-state index is 13.6. The van der Waals surface area contributed by atoms with E-state index in [9.17, 15) is 22.4 Å². The number of halogens is 5. The fourth-order valence-electron chi connectivity index (χ4n) is 2.25. The predicted octanol–water partition coefficient (Wildman–Crippen LogP) is 4.33. The normalized spacial score (nSPS) is 11.4. The molecular formula is C16H9ClF4N4O. The summed E-state index contributed by atoms with van der Waals surface area (Å²) in [6.07, 6.45) is -2.91. The van der Waals surface area contributed by atoms with Gasteiger partial charge in [-0.3, -0.25) is 4.79 Å². The van der Waals surface area contributed by atoms with Crippen LogP contribution in [-0.4, -0.2) is 20.7 Å². The van der Waals surface area contributed by atoms with Crippen LogP contribution in [-0.2, 0) is 6.18 Å². The minimum atomic E-state index is -4.91. The lowest BCUT2D eigenvalue weighted by Gasteiger charge is -2.13. The fourth-order valence-corrected chi connectivity index (χ4v) is 2.45. The number of carbonyl (C=O) groups is 1. The Morgan fingerprint density at radius 3 is 2.62 bits per heavy atom. The Balaban J connectivity index is 2.05. The molecule has 10 heteroatoms. The minimum Gasteiger partial charge on any atom is -0.322 e. The number of aromatic nitrogens is 3. The van der Waals surface area contributed by atoms with E-state index < -0.39 is 29.2 Å². The summed E-state index contributed by atoms with van der Waals surface area (Å²) < 4.78 is 54.3. The molecule has 0 fully saturated rings. The molecule has 0 bridgehead atoms. The molecule has 0 saturated heterocycles. The molecule has 1 amide bonds. The standard InChI is InChI=1S/C16H9ClF4N4O/c17-12-5-2-6-22-14(12)25-13(16(19,20)21)11(8-23-25)15(26)24-10-4-1-3-9(18)7-10/h1-8H,(H,24,26). The van der Waals surface area contributed by atoms with Gasteiger partial charge in [0, 0.05) is 11.9 Å². The quantitative estimate of drug-likeness (QED) is 0.684. The third-order valence-corrected chi connectivity index (χ3v) is 3.60. The van der Waals surface area contributed by atoms with E-state index in [1.807, 2.05) is 0 Å². The molecule has 26 heavy (non-hydrogen) atoms. The fraction of sp³-hybridized carbons (Fsp3) is 0.0625. The van der Waals surface area contributed by atoms with E-state index in [1.54, 1.807) is 0 Å². The van der Waals surface area contributed by atoms with Gasteiger partial charge >= 0.3 is 6.18 Å². The summed E-state index contributed by atoms with van der Waals surface area (Å²) in [4.78, 5) is 16.1. The number of hydrogen-bond donors (Lipinski definition) is 1. The molecule has 0 atom stereocenters. The van der Waals surface area contributed by atoms with Gasteiger partial charge in [-0.2, -0.15) is 18.3 Å². The molecule has 0 aliphatic rings. The average Bonchev–Trinajstić information content (AvgIpc) is 3.00. The second-order valence-electron chi connectivity index (χ2n) is 5.09. The summed E-state index contributed by atoms with van der Waals surface area (Å²) in [7, 11) is 0. The Bertz CT molecular complexity index is 971. The zero-order chi connectivity index (χ0) is 18.9. The summed E-state index contributed by atoms with van der Waals surface area (Å²) in [6, 6.07) is 7.56. The number of anilines is 1. The topological polar surface area (TPSA) is 59.8 Å². The molecular weight excluding hydrogens is 376 g/mol. The van der Waals surface area contributed by atoms with E-state index in [2.05, 4.69) is 15.4 Å². The van der Waals surface area contributed by atoms with Crippen molar-refractivity contribution in [2.45, 2.75) is 6.18 Å². The predicted molar refractivity (Wildman–Crippen MR) is 85.7 cm³/mol. The van der Waals surface area contributed by atoms with Crippen molar-refractivity contribution < 1.29 is 22.4 Å². The van der Waals surface area contributed by atoms with Gasteiger partial charge in [0.1, 0.15) is 5.82 Å². The zero-order valence-corrected chi connectivity index (χ0v) is 13.5. The number of nitrogens with zero attached hydrogens (tertiary/aromatic N) is 3. The highest BCUT2D eigenvalue weighted by molar-refractivity contribution is 6.32. The van der Waals surface area contributed by atoms with Crippen molar-refractivity contribution in [3.8, 4) is 5.82 Å². The number of amides is 1. The number of hydrogen-bond acceptors (Lipinski definition) is 3. The van der Waals surface area contributed by atoms with Crippen LogP contribution in [0.5, 0.6) is 0 Å². The Morgan fingerprint density at radius 1 is 1.19 bits per heavy atom. The first-order chi connectivity index (χ1) is 12.3. The number of rotatable bonds is 3. The van der Waals surface area contributed by atoms with E-state index in [1.165, 1.54) is 30.5 Å². The van der Waals surface area contributed by atoms with Crippen LogP contribution < -0.4 is 5.32 Å². The van der Waals surface area contributed by atoms with Crippen LogP contribution in [0, 0.1) is 5.82 Å². The van der Waals surface area contributed by atoms with Gasteiger partial charge in [0.15, 0.2) is 11.5 Å². The molecule has 0 aliphatic heterocycles. The van der Waals surface area contributed by atoms with Crippen LogP contribution in [0.1, 0.15) is 16.1 Å². The lowest BCUT2D eigenvalue weighted by Crippen LogP contribution is -2.21. The van der Waals surface area contributed by atoms with Crippen molar-refractivity contribution in [2.24, 2.45) is 0 Å². The SMILES string of the molecule is O=C(Nc1cccc(F)c1)c1cnn(-c2ncccc2Cl)c1C(F)(F)F. The number of pyridine rings is 1. The summed E-state index contributed by atoms with van der Waals surface area (Å²) in [5.74, 6) is -2.01. The van der Waals surface area contributed by atoms with Gasteiger partial charge in [-0.25, -0.2) is 14.1 Å². The van der Waals surface area contributed by atoms with Crippen LogP contribution >= 0.6 is 11.6 Å². The van der Waals surface area contributed by atoms with Gasteiger partial charge in [-0.1, -0.05) is 17.7 Å². The largest absolute Gasteiger partial charge is 0.434 e. The monoisotopic (exact) mass is 384 g/mol. The van der Waals surface area contributed by atoms with Gasteiger partial charge in [0.2, 0.25) is 0 Å². The number of nitrogens with one attached hydrogen (secondary N) is 1. The maximum atomic E-state index is 13.6. The van der Waals surface area contributed by atoms with E-state index in [0.29, 0.717) is 4.68 Å². The second kappa shape index (κ2) is 6.75. The van der Waals surface area contributed by atoms with Gasteiger partial charge in [0.25, 0.3) is 5.91 Å². The highest BCUT2D eigenvalue weighted by Crippen LogP contribution is 2.34. The summed E-state index contributed by atoms with van der Waals surface area (Å²) in [5.41, 5.74) is -2.08. The molecule has 5 nitrogen and oxygen atoms in total. The number of carbonyl (C=O) groups excluding carboxylic acids is 1. The van der Waals surface area contributed by atoms with E-state index in [0.717, 1.165) is 18.3 Å². The van der Waals surface area contributed by atoms with Crippen molar-refractivity contribution in [2.75, 3.05) is 5.32 Å². The second-order valence-corrected chi connectivity index (χ2v) is 5.50. The first-order valence-electron chi connectivity index (χ1n) is 7.10. The lowest BCUT2D eigenvalue weighted by atomic mass is 10.2. The van der Waals surface area contributed by atoms with Gasteiger partial charge in [-0.15, -0.1) is 0 Å². The van der Waals surface area contributed by atoms with Crippen LogP contribution in [0.3, 0.4) is 0 Å². The molecule has 134 valence electrons. The molecule has 0 saturated carbocycles. The smallest absolute Gasteiger partial charge is 0.322 e. The number of benzene rings is 1. The summed E-state index contributed by atoms with van der Waals surface area (Å²) in [5, 5.41) is 5.74. The minimum absolute atomic E-state index is 0.00624. The third-order valence-electron chi connectivity index (χ3n) is 3.30. The number of alkyl halides is 3. The van der Waals surface area contributed by atoms with Crippen molar-refractivity contribution >= 4 is 23.2 Å². The van der Waals surface area contributed by atoms with E-state index in [4.69, 9.17) is 11.6 Å². The van der Waals surface area contributed by atoms with Crippen molar-refractivity contribution in [1.82, 2.24) is 14.8 Å². The first-order valence-corrected chi connectivity index (χ1v) is 7.48. The lowest BCUT2D eigenvalue weighted by molar-refractivity contribution is -0.143. The molecule has 0 aliphatic carbocycles. The molecule has 0 radical (unpaired) electrons. The molecule has 2 heterocycles. The van der Waals surface area contributed by atoms with Crippen LogP contribution in [0.4, 0.5) is 23.2 Å². The highest BCUT2D eigenvalue weighted by atomic mass is 35.5.